The lowest BCUT2D eigenvalue weighted by Gasteiger charge is -2.22. The Morgan fingerprint density at radius 2 is 1.17 bits per heavy atom. The minimum absolute atomic E-state index is 0.126. The first kappa shape index (κ1) is 14.0. The monoisotopic (exact) mass is 306 g/mol. The number of aromatic nitrogens is 4. The maximum atomic E-state index is 6.20. The summed E-state index contributed by atoms with van der Waals surface area (Å²) < 4.78 is 10.3. The highest BCUT2D eigenvalue weighted by molar-refractivity contribution is 5.75. The molecule has 0 bridgehead atoms. The zero-order chi connectivity index (χ0) is 15.8. The standard InChI is InChI=1S/C18H18N4O/c1-13(21-11-19-15-7-3-5-9-17(15)21)23-14(2)22-12-20-16-8-4-6-10-18(16)22/h3-14H,1-2H3. The van der Waals surface area contributed by atoms with E-state index in [1.807, 2.05) is 72.0 Å². The normalized spacial score (nSPS) is 14.3. The van der Waals surface area contributed by atoms with Crippen LogP contribution in [-0.2, 0) is 4.74 Å². The van der Waals surface area contributed by atoms with Gasteiger partial charge >= 0.3 is 0 Å². The average Bonchev–Trinajstić information content (AvgIpc) is 3.19. The van der Waals surface area contributed by atoms with Crippen LogP contribution >= 0.6 is 0 Å². The number of nitrogens with zero attached hydrogens (tertiary/aromatic N) is 4. The maximum absolute atomic E-state index is 6.20. The van der Waals surface area contributed by atoms with E-state index in [2.05, 4.69) is 22.1 Å². The molecule has 2 aromatic heterocycles. The zero-order valence-corrected chi connectivity index (χ0v) is 13.1. The molecular formula is C18H18N4O. The van der Waals surface area contributed by atoms with Crippen LogP contribution in [0.1, 0.15) is 26.3 Å². The predicted octanol–water partition coefficient (Wildman–Crippen LogP) is 4.14. The Kier molecular flexibility index (Phi) is 3.35. The lowest BCUT2D eigenvalue weighted by Crippen LogP contribution is -2.15. The molecule has 0 aliphatic heterocycles. The molecule has 0 aliphatic rings. The molecule has 0 amide bonds. The SMILES string of the molecule is CC(OC(C)n1cnc2ccccc21)n1cnc2ccccc21. The number of ether oxygens (including phenoxy) is 1. The van der Waals surface area contributed by atoms with Crippen molar-refractivity contribution in [3.05, 3.63) is 61.2 Å². The first-order valence-electron chi connectivity index (χ1n) is 7.72. The van der Waals surface area contributed by atoms with E-state index in [1.165, 1.54) is 0 Å². The zero-order valence-electron chi connectivity index (χ0n) is 13.1. The van der Waals surface area contributed by atoms with E-state index in [4.69, 9.17) is 4.74 Å². The fraction of sp³-hybridized carbons (Fsp3) is 0.222. The second kappa shape index (κ2) is 5.52. The van der Waals surface area contributed by atoms with Gasteiger partial charge < -0.3 is 13.9 Å². The molecule has 2 unspecified atom stereocenters. The van der Waals surface area contributed by atoms with Crippen molar-refractivity contribution in [1.82, 2.24) is 19.1 Å². The number of para-hydroxylation sites is 4. The summed E-state index contributed by atoms with van der Waals surface area (Å²) in [7, 11) is 0. The van der Waals surface area contributed by atoms with Crippen LogP contribution in [-0.4, -0.2) is 19.1 Å². The number of fused-ring (bicyclic) bond motifs is 2. The van der Waals surface area contributed by atoms with E-state index in [1.54, 1.807) is 0 Å². The predicted molar refractivity (Wildman–Crippen MR) is 90.0 cm³/mol. The largest absolute Gasteiger partial charge is 0.335 e. The van der Waals surface area contributed by atoms with Gasteiger partial charge in [-0.15, -0.1) is 0 Å². The molecule has 0 aliphatic carbocycles. The molecule has 116 valence electrons. The molecule has 0 spiro atoms. The number of hydrogen-bond donors (Lipinski definition) is 0. The molecule has 2 atom stereocenters. The summed E-state index contributed by atoms with van der Waals surface area (Å²) in [6.45, 7) is 4.06. The highest BCUT2D eigenvalue weighted by Crippen LogP contribution is 2.24. The molecule has 0 radical (unpaired) electrons. The van der Waals surface area contributed by atoms with Gasteiger partial charge in [-0.2, -0.15) is 0 Å². The molecule has 0 saturated heterocycles. The van der Waals surface area contributed by atoms with Gasteiger partial charge in [0.2, 0.25) is 0 Å². The van der Waals surface area contributed by atoms with Crippen molar-refractivity contribution in [2.75, 3.05) is 0 Å². The van der Waals surface area contributed by atoms with Crippen LogP contribution in [0.2, 0.25) is 0 Å². The average molecular weight is 306 g/mol. The lowest BCUT2D eigenvalue weighted by molar-refractivity contribution is -0.0672. The first-order valence-corrected chi connectivity index (χ1v) is 7.72. The van der Waals surface area contributed by atoms with Crippen molar-refractivity contribution in [1.29, 1.82) is 0 Å². The van der Waals surface area contributed by atoms with E-state index < -0.39 is 0 Å². The fourth-order valence-electron chi connectivity index (χ4n) is 2.95. The van der Waals surface area contributed by atoms with Crippen molar-refractivity contribution in [3.63, 3.8) is 0 Å². The van der Waals surface area contributed by atoms with Gasteiger partial charge in [-0.25, -0.2) is 9.97 Å². The molecule has 23 heavy (non-hydrogen) atoms. The first-order chi connectivity index (χ1) is 11.2. The van der Waals surface area contributed by atoms with Gasteiger partial charge in [-0.3, -0.25) is 0 Å². The minimum atomic E-state index is -0.126. The summed E-state index contributed by atoms with van der Waals surface area (Å²) in [5, 5.41) is 0. The molecule has 5 nitrogen and oxygen atoms in total. The number of rotatable bonds is 4. The van der Waals surface area contributed by atoms with Crippen molar-refractivity contribution in [2.45, 2.75) is 26.3 Å². The molecule has 0 saturated carbocycles. The van der Waals surface area contributed by atoms with E-state index in [9.17, 15) is 0 Å². The van der Waals surface area contributed by atoms with Gasteiger partial charge in [0.1, 0.15) is 12.5 Å². The summed E-state index contributed by atoms with van der Waals surface area (Å²) in [5.41, 5.74) is 4.10. The molecule has 0 N–H and O–H groups in total. The van der Waals surface area contributed by atoms with E-state index >= 15 is 0 Å². The number of imidazole rings is 2. The van der Waals surface area contributed by atoms with Crippen molar-refractivity contribution in [2.24, 2.45) is 0 Å². The topological polar surface area (TPSA) is 44.9 Å². The summed E-state index contributed by atoms with van der Waals surface area (Å²) in [6, 6.07) is 16.1. The van der Waals surface area contributed by atoms with Crippen LogP contribution < -0.4 is 0 Å². The van der Waals surface area contributed by atoms with Crippen LogP contribution in [0, 0.1) is 0 Å². The smallest absolute Gasteiger partial charge is 0.135 e. The Hall–Kier alpha value is -2.66. The summed E-state index contributed by atoms with van der Waals surface area (Å²) >= 11 is 0. The van der Waals surface area contributed by atoms with E-state index in [-0.39, 0.29) is 12.5 Å². The second-order valence-electron chi connectivity index (χ2n) is 5.62. The third kappa shape index (κ3) is 2.39. The van der Waals surface area contributed by atoms with E-state index in [0.717, 1.165) is 22.1 Å². The van der Waals surface area contributed by atoms with Gasteiger partial charge in [0, 0.05) is 0 Å². The van der Waals surface area contributed by atoms with Crippen molar-refractivity contribution in [3.8, 4) is 0 Å². The molecule has 2 heterocycles. The molecule has 4 aromatic rings. The van der Waals surface area contributed by atoms with Crippen LogP contribution in [0.25, 0.3) is 22.1 Å². The van der Waals surface area contributed by atoms with E-state index in [0.29, 0.717) is 0 Å². The third-order valence-corrected chi connectivity index (χ3v) is 4.14. The summed E-state index contributed by atoms with van der Waals surface area (Å²) in [4.78, 5) is 8.85. The minimum Gasteiger partial charge on any atom is -0.335 e. The molecular weight excluding hydrogens is 288 g/mol. The maximum Gasteiger partial charge on any atom is 0.135 e. The van der Waals surface area contributed by atoms with Gasteiger partial charge in [0.25, 0.3) is 0 Å². The number of hydrogen-bond acceptors (Lipinski definition) is 3. The molecule has 2 aromatic carbocycles. The van der Waals surface area contributed by atoms with Crippen LogP contribution in [0.4, 0.5) is 0 Å². The van der Waals surface area contributed by atoms with Crippen LogP contribution in [0.15, 0.2) is 61.2 Å². The van der Waals surface area contributed by atoms with Crippen LogP contribution in [0.3, 0.4) is 0 Å². The van der Waals surface area contributed by atoms with Gasteiger partial charge in [0.15, 0.2) is 0 Å². The molecule has 4 rings (SSSR count). The quantitative estimate of drug-likeness (QED) is 0.569. The third-order valence-electron chi connectivity index (χ3n) is 4.14. The number of benzene rings is 2. The Balaban J connectivity index is 1.62. The van der Waals surface area contributed by atoms with Gasteiger partial charge in [-0.05, 0) is 38.1 Å². The Labute approximate surface area is 134 Å². The second-order valence-corrected chi connectivity index (χ2v) is 5.62. The Bertz CT molecular complexity index is 878. The molecule has 0 fully saturated rings. The van der Waals surface area contributed by atoms with Gasteiger partial charge in [-0.1, -0.05) is 24.3 Å². The highest BCUT2D eigenvalue weighted by Gasteiger charge is 2.15. The highest BCUT2D eigenvalue weighted by atomic mass is 16.5. The fourth-order valence-corrected chi connectivity index (χ4v) is 2.95. The Morgan fingerprint density at radius 3 is 1.65 bits per heavy atom. The Morgan fingerprint density at radius 1 is 0.739 bits per heavy atom. The van der Waals surface area contributed by atoms with Crippen LogP contribution in [0.5, 0.6) is 0 Å². The summed E-state index contributed by atoms with van der Waals surface area (Å²) in [5.74, 6) is 0. The van der Waals surface area contributed by atoms with Crippen molar-refractivity contribution < 1.29 is 4.74 Å². The summed E-state index contributed by atoms with van der Waals surface area (Å²) in [6.07, 6.45) is 3.40. The lowest BCUT2D eigenvalue weighted by atomic mass is 10.3. The molecule has 5 heteroatoms. The van der Waals surface area contributed by atoms with Gasteiger partial charge in [0.05, 0.1) is 34.7 Å². The van der Waals surface area contributed by atoms with Crippen molar-refractivity contribution >= 4 is 22.1 Å².